The molecule has 0 spiro atoms. The van der Waals surface area contributed by atoms with E-state index in [2.05, 4.69) is 38.9 Å². The SMILES string of the molecule is C[C@H]1COCCN1c1nc(-c2cnc(N)nc2)c2c(n1)N([C@@]1(C)CCN(C(=O)[C@]3(C)CCN3)C1)CC2. The number of aromatic nitrogens is 4. The molecule has 4 aliphatic rings. The number of ether oxygens (including phenoxy) is 1. The monoisotopic (exact) mass is 493 g/mol. The Bertz CT molecular complexity index is 1170. The Hall–Kier alpha value is -3.05. The predicted molar refractivity (Wildman–Crippen MR) is 137 cm³/mol. The van der Waals surface area contributed by atoms with Gasteiger partial charge in [-0.05, 0) is 46.6 Å². The van der Waals surface area contributed by atoms with Gasteiger partial charge in [-0.15, -0.1) is 0 Å². The van der Waals surface area contributed by atoms with Crippen LogP contribution in [0.5, 0.6) is 0 Å². The topological polar surface area (TPSA) is 126 Å². The third-order valence-corrected chi connectivity index (χ3v) is 8.39. The van der Waals surface area contributed by atoms with Crippen molar-refractivity contribution in [2.24, 2.45) is 0 Å². The highest BCUT2D eigenvalue weighted by atomic mass is 16.5. The van der Waals surface area contributed by atoms with Gasteiger partial charge in [-0.3, -0.25) is 4.79 Å². The van der Waals surface area contributed by atoms with Crippen molar-refractivity contribution in [3.05, 3.63) is 18.0 Å². The van der Waals surface area contributed by atoms with E-state index in [4.69, 9.17) is 20.4 Å². The summed E-state index contributed by atoms with van der Waals surface area (Å²) in [7, 11) is 0. The van der Waals surface area contributed by atoms with Gasteiger partial charge in [0.2, 0.25) is 17.8 Å². The maximum Gasteiger partial charge on any atom is 0.242 e. The van der Waals surface area contributed by atoms with E-state index in [0.29, 0.717) is 25.7 Å². The quantitative estimate of drug-likeness (QED) is 0.633. The number of nitrogens with zero attached hydrogens (tertiary/aromatic N) is 7. The van der Waals surface area contributed by atoms with Crippen LogP contribution in [0, 0.1) is 0 Å². The van der Waals surface area contributed by atoms with Crippen molar-refractivity contribution in [2.75, 3.05) is 61.5 Å². The van der Waals surface area contributed by atoms with Gasteiger partial charge < -0.3 is 30.5 Å². The number of nitrogens with one attached hydrogen (secondary N) is 1. The van der Waals surface area contributed by atoms with Gasteiger partial charge in [-0.25, -0.2) is 15.0 Å². The van der Waals surface area contributed by atoms with E-state index < -0.39 is 5.54 Å². The molecule has 0 radical (unpaired) electrons. The normalized spacial score (nSPS) is 29.9. The number of anilines is 3. The van der Waals surface area contributed by atoms with E-state index in [1.807, 2.05) is 11.8 Å². The lowest BCUT2D eigenvalue weighted by Gasteiger charge is -2.42. The van der Waals surface area contributed by atoms with E-state index in [9.17, 15) is 4.79 Å². The first kappa shape index (κ1) is 23.4. The molecular weight excluding hydrogens is 458 g/mol. The van der Waals surface area contributed by atoms with Gasteiger partial charge in [0.25, 0.3) is 0 Å². The Kier molecular flexibility index (Phi) is 5.52. The van der Waals surface area contributed by atoms with Crippen LogP contribution in [0.15, 0.2) is 12.4 Å². The van der Waals surface area contributed by atoms with E-state index >= 15 is 0 Å². The highest BCUT2D eigenvalue weighted by Gasteiger charge is 2.49. The second-order valence-corrected chi connectivity index (χ2v) is 11.0. The summed E-state index contributed by atoms with van der Waals surface area (Å²) in [5.74, 6) is 2.10. The van der Waals surface area contributed by atoms with Crippen molar-refractivity contribution in [1.29, 1.82) is 0 Å². The summed E-state index contributed by atoms with van der Waals surface area (Å²) in [6.45, 7) is 11.6. The number of hydrogen-bond donors (Lipinski definition) is 2. The van der Waals surface area contributed by atoms with Gasteiger partial charge in [0, 0.05) is 49.7 Å². The molecule has 11 heteroatoms. The Morgan fingerprint density at radius 1 is 1.17 bits per heavy atom. The van der Waals surface area contributed by atoms with Crippen molar-refractivity contribution in [2.45, 2.75) is 57.2 Å². The summed E-state index contributed by atoms with van der Waals surface area (Å²) in [6, 6.07) is 0.174. The number of rotatable bonds is 4. The van der Waals surface area contributed by atoms with Gasteiger partial charge in [-0.1, -0.05) is 0 Å². The molecule has 6 heterocycles. The van der Waals surface area contributed by atoms with Gasteiger partial charge in [0.15, 0.2) is 0 Å². The van der Waals surface area contributed by atoms with E-state index in [1.54, 1.807) is 12.4 Å². The van der Waals surface area contributed by atoms with E-state index in [1.165, 1.54) is 0 Å². The highest BCUT2D eigenvalue weighted by molar-refractivity contribution is 5.87. The minimum Gasteiger partial charge on any atom is -0.377 e. The number of carbonyl (C=O) groups is 1. The second-order valence-electron chi connectivity index (χ2n) is 11.0. The minimum absolute atomic E-state index is 0.174. The molecule has 0 aliphatic carbocycles. The van der Waals surface area contributed by atoms with Crippen molar-refractivity contribution in [1.82, 2.24) is 30.2 Å². The Labute approximate surface area is 211 Å². The summed E-state index contributed by atoms with van der Waals surface area (Å²) < 4.78 is 5.66. The van der Waals surface area contributed by atoms with Crippen LogP contribution in [-0.4, -0.2) is 93.8 Å². The van der Waals surface area contributed by atoms with Crippen LogP contribution in [0.3, 0.4) is 0 Å². The number of hydrogen-bond acceptors (Lipinski definition) is 10. The summed E-state index contributed by atoms with van der Waals surface area (Å²) in [5.41, 5.74) is 7.95. The van der Waals surface area contributed by atoms with Gasteiger partial charge >= 0.3 is 0 Å². The standard InChI is InChI=1S/C25H35N9O2/c1-16-14-36-11-10-33(16)23-30-19(17-12-27-22(26)28-13-17)18-4-8-34(20(18)31-23)24(2)6-9-32(15-24)21(35)25(3)5-7-29-25/h12-13,16,29H,4-11,14-15H2,1-3H3,(H2,26,27,28)/t16-,24-,25-/m0/s1. The first-order valence-corrected chi connectivity index (χ1v) is 12.9. The summed E-state index contributed by atoms with van der Waals surface area (Å²) >= 11 is 0. The number of amides is 1. The molecule has 3 fully saturated rings. The molecule has 4 aliphatic heterocycles. The number of carbonyl (C=O) groups excluding carboxylic acids is 1. The van der Waals surface area contributed by atoms with Crippen LogP contribution >= 0.6 is 0 Å². The molecule has 0 unspecified atom stereocenters. The van der Waals surface area contributed by atoms with Crippen molar-refractivity contribution in [3.63, 3.8) is 0 Å². The van der Waals surface area contributed by atoms with Crippen LogP contribution in [0.2, 0.25) is 0 Å². The molecule has 11 nitrogen and oxygen atoms in total. The molecule has 36 heavy (non-hydrogen) atoms. The molecule has 0 saturated carbocycles. The zero-order chi connectivity index (χ0) is 25.1. The predicted octanol–water partition coefficient (Wildman–Crippen LogP) is 0.846. The lowest BCUT2D eigenvalue weighted by Crippen LogP contribution is -2.64. The van der Waals surface area contributed by atoms with Crippen LogP contribution < -0.4 is 20.9 Å². The Balaban J connectivity index is 1.37. The molecule has 0 aromatic carbocycles. The molecule has 192 valence electrons. The summed E-state index contributed by atoms with van der Waals surface area (Å²) in [5, 5.41) is 3.33. The van der Waals surface area contributed by atoms with E-state index in [0.717, 1.165) is 68.1 Å². The number of morpholine rings is 1. The average Bonchev–Trinajstić information content (AvgIpc) is 3.47. The minimum atomic E-state index is -0.418. The molecule has 1 amide bonds. The zero-order valence-electron chi connectivity index (χ0n) is 21.3. The van der Waals surface area contributed by atoms with Gasteiger partial charge in [0.1, 0.15) is 5.82 Å². The van der Waals surface area contributed by atoms with Crippen molar-refractivity contribution >= 4 is 23.6 Å². The maximum absolute atomic E-state index is 13.2. The molecule has 6 rings (SSSR count). The zero-order valence-corrected chi connectivity index (χ0v) is 21.3. The Morgan fingerprint density at radius 2 is 1.94 bits per heavy atom. The Morgan fingerprint density at radius 3 is 2.64 bits per heavy atom. The third-order valence-electron chi connectivity index (χ3n) is 8.39. The van der Waals surface area contributed by atoms with Crippen LogP contribution in [0.1, 0.15) is 39.2 Å². The number of fused-ring (bicyclic) bond motifs is 1. The largest absolute Gasteiger partial charge is 0.377 e. The highest BCUT2D eigenvalue weighted by Crippen LogP contribution is 2.42. The molecular formula is C25H35N9O2. The van der Waals surface area contributed by atoms with E-state index in [-0.39, 0.29) is 23.4 Å². The van der Waals surface area contributed by atoms with Crippen LogP contribution in [0.25, 0.3) is 11.3 Å². The lowest BCUT2D eigenvalue weighted by atomic mass is 9.88. The van der Waals surface area contributed by atoms with Crippen LogP contribution in [0.4, 0.5) is 17.7 Å². The van der Waals surface area contributed by atoms with Crippen LogP contribution in [-0.2, 0) is 16.0 Å². The molecule has 2 aromatic rings. The molecule has 3 saturated heterocycles. The fourth-order valence-electron chi connectivity index (χ4n) is 5.99. The van der Waals surface area contributed by atoms with Crippen molar-refractivity contribution < 1.29 is 9.53 Å². The lowest BCUT2D eigenvalue weighted by molar-refractivity contribution is -0.139. The third kappa shape index (κ3) is 3.76. The fourth-order valence-corrected chi connectivity index (χ4v) is 5.99. The van der Waals surface area contributed by atoms with Gasteiger partial charge in [0.05, 0.1) is 36.0 Å². The number of nitrogens with two attached hydrogens (primary N) is 1. The maximum atomic E-state index is 13.2. The summed E-state index contributed by atoms with van der Waals surface area (Å²) in [4.78, 5) is 38.5. The number of nitrogen functional groups attached to an aromatic ring is 1. The summed E-state index contributed by atoms with van der Waals surface area (Å²) in [6.07, 6.45) is 6.11. The first-order valence-electron chi connectivity index (χ1n) is 12.9. The van der Waals surface area contributed by atoms with Gasteiger partial charge in [-0.2, -0.15) is 4.98 Å². The number of likely N-dealkylation sites (tertiary alicyclic amines) is 1. The molecule has 0 bridgehead atoms. The van der Waals surface area contributed by atoms with Crippen molar-refractivity contribution in [3.8, 4) is 11.3 Å². The molecule has 3 N–H and O–H groups in total. The molecule has 3 atom stereocenters. The molecule has 2 aromatic heterocycles. The fraction of sp³-hybridized carbons (Fsp3) is 0.640. The average molecular weight is 494 g/mol. The second kappa shape index (κ2) is 8.52. The first-order chi connectivity index (χ1) is 17.3. The smallest absolute Gasteiger partial charge is 0.242 e.